The summed E-state index contributed by atoms with van der Waals surface area (Å²) in [5.41, 5.74) is 2.53. The van der Waals surface area contributed by atoms with Crippen molar-refractivity contribution in [2.45, 2.75) is 13.0 Å². The Morgan fingerprint density at radius 2 is 1.68 bits per heavy atom. The number of carboxylic acid groups (broad SMARTS) is 2. The number of hydrogen-bond donors (Lipinski definition) is 3. The van der Waals surface area contributed by atoms with Crippen LogP contribution in [0.2, 0.25) is 5.02 Å². The molecule has 0 atom stereocenters. The minimum Gasteiger partial charge on any atom is -0.497 e. The molecule has 0 amide bonds. The van der Waals surface area contributed by atoms with E-state index in [1.807, 2.05) is 24.3 Å². The Kier molecular flexibility index (Phi) is 9.06. The van der Waals surface area contributed by atoms with Crippen LogP contribution in [0, 0.1) is 0 Å². The lowest BCUT2D eigenvalue weighted by Gasteiger charge is -2.07. The summed E-state index contributed by atoms with van der Waals surface area (Å²) in [5, 5.41) is 19.0. The second-order valence-corrected chi connectivity index (χ2v) is 5.45. The standard InChI is InChI=1S/C16H18ClNO.C2H2O4/c1-19-16-4-2-3-14(11-16)12-18-10-9-13-5-7-15(17)8-6-13;3-1(4)2(5)6/h2-8,11,18H,9-10,12H2,1H3;(H,3,4)(H,5,6). The Morgan fingerprint density at radius 1 is 1.04 bits per heavy atom. The topological polar surface area (TPSA) is 95.9 Å². The molecule has 0 bridgehead atoms. The van der Waals surface area contributed by atoms with E-state index in [4.69, 9.17) is 36.1 Å². The van der Waals surface area contributed by atoms with E-state index in [0.29, 0.717) is 0 Å². The third-order valence-corrected chi connectivity index (χ3v) is 3.40. The van der Waals surface area contributed by atoms with E-state index >= 15 is 0 Å². The summed E-state index contributed by atoms with van der Waals surface area (Å²) < 4.78 is 5.20. The number of aliphatic carboxylic acids is 2. The molecule has 0 heterocycles. The lowest BCUT2D eigenvalue weighted by atomic mass is 10.1. The second-order valence-electron chi connectivity index (χ2n) is 5.02. The van der Waals surface area contributed by atoms with Crippen LogP contribution in [0.15, 0.2) is 48.5 Å². The lowest BCUT2D eigenvalue weighted by molar-refractivity contribution is -0.159. The van der Waals surface area contributed by atoms with E-state index < -0.39 is 11.9 Å². The molecular weight excluding hydrogens is 346 g/mol. The highest BCUT2D eigenvalue weighted by molar-refractivity contribution is 6.30. The van der Waals surface area contributed by atoms with Gasteiger partial charge in [-0.15, -0.1) is 0 Å². The smallest absolute Gasteiger partial charge is 0.414 e. The van der Waals surface area contributed by atoms with Gasteiger partial charge in [-0.25, -0.2) is 9.59 Å². The Labute approximate surface area is 151 Å². The Morgan fingerprint density at radius 3 is 2.24 bits per heavy atom. The van der Waals surface area contributed by atoms with Crippen molar-refractivity contribution >= 4 is 23.5 Å². The van der Waals surface area contributed by atoms with Gasteiger partial charge in [0.25, 0.3) is 0 Å². The van der Waals surface area contributed by atoms with Crippen LogP contribution in [0.25, 0.3) is 0 Å². The molecule has 7 heteroatoms. The summed E-state index contributed by atoms with van der Waals surface area (Å²) in [6.07, 6.45) is 1.00. The first-order valence-electron chi connectivity index (χ1n) is 7.46. The number of hydrogen-bond acceptors (Lipinski definition) is 4. The van der Waals surface area contributed by atoms with Gasteiger partial charge < -0.3 is 20.3 Å². The summed E-state index contributed by atoms with van der Waals surface area (Å²) in [6, 6.07) is 16.1. The molecule has 0 fully saturated rings. The molecule has 3 N–H and O–H groups in total. The van der Waals surface area contributed by atoms with Gasteiger partial charge in [0.2, 0.25) is 0 Å². The molecule has 2 aromatic carbocycles. The van der Waals surface area contributed by atoms with E-state index in [9.17, 15) is 0 Å². The van der Waals surface area contributed by atoms with Crippen molar-refractivity contribution < 1.29 is 24.5 Å². The highest BCUT2D eigenvalue weighted by Crippen LogP contribution is 2.12. The largest absolute Gasteiger partial charge is 0.497 e. The van der Waals surface area contributed by atoms with Crippen LogP contribution in [0.1, 0.15) is 11.1 Å². The molecular formula is C18H20ClNO5. The number of carbonyl (C=O) groups is 2. The molecule has 0 aliphatic carbocycles. The SMILES string of the molecule is COc1cccc(CNCCc2ccc(Cl)cc2)c1.O=C(O)C(=O)O. The molecule has 6 nitrogen and oxygen atoms in total. The van der Waals surface area contributed by atoms with Crippen molar-refractivity contribution in [1.82, 2.24) is 5.32 Å². The summed E-state index contributed by atoms with van der Waals surface area (Å²) in [5.74, 6) is -2.75. The average molecular weight is 366 g/mol. The van der Waals surface area contributed by atoms with Crippen molar-refractivity contribution in [3.8, 4) is 5.75 Å². The fourth-order valence-electron chi connectivity index (χ4n) is 1.90. The molecule has 0 saturated carbocycles. The first-order valence-corrected chi connectivity index (χ1v) is 7.84. The number of benzene rings is 2. The van der Waals surface area contributed by atoms with Gasteiger partial charge >= 0.3 is 11.9 Å². The summed E-state index contributed by atoms with van der Waals surface area (Å²) in [4.78, 5) is 18.2. The number of methoxy groups -OCH3 is 1. The molecule has 2 aromatic rings. The van der Waals surface area contributed by atoms with E-state index in [1.165, 1.54) is 11.1 Å². The molecule has 2 rings (SSSR count). The minimum absolute atomic E-state index is 0.785. The van der Waals surface area contributed by atoms with Gasteiger partial charge in [-0.05, 0) is 48.4 Å². The highest BCUT2D eigenvalue weighted by Gasteiger charge is 2.04. The van der Waals surface area contributed by atoms with E-state index in [1.54, 1.807) is 7.11 Å². The number of rotatable bonds is 6. The third kappa shape index (κ3) is 8.74. The van der Waals surface area contributed by atoms with Crippen LogP contribution < -0.4 is 10.1 Å². The quantitative estimate of drug-likeness (QED) is 0.538. The molecule has 134 valence electrons. The second kappa shape index (κ2) is 11.1. The van der Waals surface area contributed by atoms with Crippen LogP contribution in [0.4, 0.5) is 0 Å². The van der Waals surface area contributed by atoms with Crippen molar-refractivity contribution in [3.63, 3.8) is 0 Å². The molecule has 0 aliphatic heterocycles. The van der Waals surface area contributed by atoms with E-state index in [-0.39, 0.29) is 0 Å². The first-order chi connectivity index (χ1) is 11.9. The molecule has 25 heavy (non-hydrogen) atoms. The van der Waals surface area contributed by atoms with Crippen LogP contribution in [0.5, 0.6) is 5.75 Å². The summed E-state index contributed by atoms with van der Waals surface area (Å²) in [6.45, 7) is 1.80. The van der Waals surface area contributed by atoms with Gasteiger partial charge in [-0.1, -0.05) is 35.9 Å². The van der Waals surface area contributed by atoms with Gasteiger partial charge in [-0.2, -0.15) is 0 Å². The van der Waals surface area contributed by atoms with Crippen LogP contribution >= 0.6 is 11.6 Å². The third-order valence-electron chi connectivity index (χ3n) is 3.15. The number of ether oxygens (including phenoxy) is 1. The Balaban J connectivity index is 0.000000450. The number of carboxylic acids is 2. The van der Waals surface area contributed by atoms with E-state index in [0.717, 1.165) is 30.3 Å². The van der Waals surface area contributed by atoms with Crippen molar-refractivity contribution in [2.24, 2.45) is 0 Å². The van der Waals surface area contributed by atoms with Gasteiger partial charge in [0, 0.05) is 11.6 Å². The molecule has 0 aliphatic rings. The lowest BCUT2D eigenvalue weighted by Crippen LogP contribution is -2.16. The molecule has 0 spiro atoms. The van der Waals surface area contributed by atoms with Gasteiger partial charge in [0.1, 0.15) is 5.75 Å². The Bertz CT molecular complexity index is 676. The van der Waals surface area contributed by atoms with Gasteiger partial charge in [0.05, 0.1) is 7.11 Å². The van der Waals surface area contributed by atoms with Crippen LogP contribution in [-0.4, -0.2) is 35.8 Å². The van der Waals surface area contributed by atoms with Crippen molar-refractivity contribution in [1.29, 1.82) is 0 Å². The normalized spacial score (nSPS) is 9.68. The van der Waals surface area contributed by atoms with Crippen molar-refractivity contribution in [3.05, 3.63) is 64.7 Å². The van der Waals surface area contributed by atoms with Gasteiger partial charge in [0.15, 0.2) is 0 Å². The summed E-state index contributed by atoms with van der Waals surface area (Å²) in [7, 11) is 1.69. The maximum atomic E-state index is 9.10. The minimum atomic E-state index is -1.82. The van der Waals surface area contributed by atoms with E-state index in [2.05, 4.69) is 29.6 Å². The average Bonchev–Trinajstić information content (AvgIpc) is 2.61. The maximum Gasteiger partial charge on any atom is 0.414 e. The maximum absolute atomic E-state index is 9.10. The number of nitrogens with one attached hydrogen (secondary N) is 1. The Hall–Kier alpha value is -2.57. The predicted octanol–water partition coefficient (Wildman–Crippen LogP) is 2.84. The zero-order valence-corrected chi connectivity index (χ0v) is 14.5. The molecule has 0 radical (unpaired) electrons. The molecule has 0 aromatic heterocycles. The van der Waals surface area contributed by atoms with Crippen molar-refractivity contribution in [2.75, 3.05) is 13.7 Å². The van der Waals surface area contributed by atoms with Crippen LogP contribution in [-0.2, 0) is 22.6 Å². The highest BCUT2D eigenvalue weighted by atomic mass is 35.5. The van der Waals surface area contributed by atoms with Gasteiger partial charge in [-0.3, -0.25) is 0 Å². The monoisotopic (exact) mass is 365 g/mol. The fourth-order valence-corrected chi connectivity index (χ4v) is 2.02. The first kappa shape index (κ1) is 20.5. The molecule has 0 unspecified atom stereocenters. The zero-order valence-electron chi connectivity index (χ0n) is 13.7. The number of halogens is 1. The fraction of sp³-hybridized carbons (Fsp3) is 0.222. The van der Waals surface area contributed by atoms with Crippen LogP contribution in [0.3, 0.4) is 0 Å². The summed E-state index contributed by atoms with van der Waals surface area (Å²) >= 11 is 5.85. The predicted molar refractivity (Wildman–Crippen MR) is 95.1 cm³/mol. The zero-order chi connectivity index (χ0) is 18.7. The molecule has 0 saturated heterocycles.